The van der Waals surface area contributed by atoms with Gasteiger partial charge in [-0.05, 0) is 56.0 Å². The monoisotopic (exact) mass is 488 g/mol. The smallest absolute Gasteiger partial charge is 0.242 e. The van der Waals surface area contributed by atoms with Crippen molar-refractivity contribution in [1.82, 2.24) is 10.2 Å². The summed E-state index contributed by atoms with van der Waals surface area (Å²) in [6.45, 7) is 9.34. The zero-order valence-corrected chi connectivity index (χ0v) is 20.4. The van der Waals surface area contributed by atoms with Crippen LogP contribution in [0.3, 0.4) is 0 Å². The Labute approximate surface area is 194 Å². The average Bonchev–Trinajstić information content (AvgIpc) is 2.75. The van der Waals surface area contributed by atoms with Crippen LogP contribution in [0.2, 0.25) is 0 Å². The lowest BCUT2D eigenvalue weighted by molar-refractivity contribution is -0.140. The van der Waals surface area contributed by atoms with Crippen molar-refractivity contribution in [2.24, 2.45) is 5.92 Å². The number of benzene rings is 2. The van der Waals surface area contributed by atoms with Crippen LogP contribution in [0.5, 0.6) is 5.75 Å². The van der Waals surface area contributed by atoms with Crippen molar-refractivity contribution < 1.29 is 14.3 Å². The number of carbonyl (C=O) groups excluding carboxylic acids is 2. The van der Waals surface area contributed by atoms with Crippen LogP contribution >= 0.6 is 15.9 Å². The van der Waals surface area contributed by atoms with E-state index in [9.17, 15) is 9.59 Å². The molecule has 1 atom stereocenters. The highest BCUT2D eigenvalue weighted by molar-refractivity contribution is 9.10. The fraction of sp³-hybridized carbons (Fsp3) is 0.440. The third kappa shape index (κ3) is 8.74. The fourth-order valence-corrected chi connectivity index (χ4v) is 3.28. The van der Waals surface area contributed by atoms with E-state index in [2.05, 4.69) is 21.2 Å². The average molecular weight is 489 g/mol. The Kier molecular flexibility index (Phi) is 10.0. The van der Waals surface area contributed by atoms with Gasteiger partial charge in [-0.1, -0.05) is 59.6 Å². The maximum atomic E-state index is 13.0. The van der Waals surface area contributed by atoms with Crippen LogP contribution in [-0.4, -0.2) is 35.9 Å². The van der Waals surface area contributed by atoms with Crippen LogP contribution in [0, 0.1) is 12.8 Å². The van der Waals surface area contributed by atoms with Gasteiger partial charge in [-0.2, -0.15) is 0 Å². The molecule has 0 radical (unpaired) electrons. The Morgan fingerprint density at radius 3 is 2.29 bits per heavy atom. The van der Waals surface area contributed by atoms with Gasteiger partial charge in [0.05, 0.1) is 6.61 Å². The lowest BCUT2D eigenvalue weighted by atomic mass is 10.1. The second kappa shape index (κ2) is 12.5. The highest BCUT2D eigenvalue weighted by Crippen LogP contribution is 2.16. The zero-order valence-electron chi connectivity index (χ0n) is 18.9. The van der Waals surface area contributed by atoms with E-state index in [1.165, 1.54) is 5.56 Å². The standard InChI is InChI=1S/C25H33BrN2O3/c1-18(2)16-27-25(30)20(4)28(17-21-9-11-22(26)12-10-21)24(29)6-5-15-31-23-13-7-19(3)8-14-23/h7-14,18,20H,5-6,15-17H2,1-4H3,(H,27,30). The predicted octanol–water partition coefficient (Wildman–Crippen LogP) is 5.11. The topological polar surface area (TPSA) is 58.6 Å². The lowest BCUT2D eigenvalue weighted by Crippen LogP contribution is -2.48. The van der Waals surface area contributed by atoms with E-state index in [-0.39, 0.29) is 11.8 Å². The van der Waals surface area contributed by atoms with E-state index in [0.29, 0.717) is 38.5 Å². The third-order valence-corrected chi connectivity index (χ3v) is 5.47. The number of carbonyl (C=O) groups is 2. The van der Waals surface area contributed by atoms with Gasteiger partial charge in [-0.3, -0.25) is 9.59 Å². The highest BCUT2D eigenvalue weighted by atomic mass is 79.9. The molecule has 2 amide bonds. The number of ether oxygens (including phenoxy) is 1. The Morgan fingerprint density at radius 1 is 1.03 bits per heavy atom. The summed E-state index contributed by atoms with van der Waals surface area (Å²) in [4.78, 5) is 27.3. The SMILES string of the molecule is Cc1ccc(OCCCC(=O)N(Cc2ccc(Br)cc2)C(C)C(=O)NCC(C)C)cc1. The Balaban J connectivity index is 1.97. The number of nitrogens with zero attached hydrogens (tertiary/aromatic N) is 1. The molecule has 1 unspecified atom stereocenters. The number of rotatable bonds is 11. The van der Waals surface area contributed by atoms with Crippen LogP contribution in [0.25, 0.3) is 0 Å². The molecular formula is C25H33BrN2O3. The van der Waals surface area contributed by atoms with Crippen LogP contribution in [-0.2, 0) is 16.1 Å². The van der Waals surface area contributed by atoms with Gasteiger partial charge in [0.15, 0.2) is 0 Å². The largest absolute Gasteiger partial charge is 0.494 e. The first-order valence-corrected chi connectivity index (χ1v) is 11.6. The summed E-state index contributed by atoms with van der Waals surface area (Å²) in [6.07, 6.45) is 0.911. The van der Waals surface area contributed by atoms with Gasteiger partial charge >= 0.3 is 0 Å². The minimum atomic E-state index is -0.548. The molecule has 0 fully saturated rings. The summed E-state index contributed by atoms with van der Waals surface area (Å²) in [5.74, 6) is 0.967. The van der Waals surface area contributed by atoms with Gasteiger partial charge in [-0.25, -0.2) is 0 Å². The van der Waals surface area contributed by atoms with E-state index >= 15 is 0 Å². The Bertz CT molecular complexity index is 835. The predicted molar refractivity (Wildman–Crippen MR) is 128 cm³/mol. The number of hydrogen-bond acceptors (Lipinski definition) is 3. The van der Waals surface area contributed by atoms with Gasteiger partial charge in [0.25, 0.3) is 0 Å². The highest BCUT2D eigenvalue weighted by Gasteiger charge is 2.25. The molecule has 1 N–H and O–H groups in total. The molecule has 6 heteroatoms. The van der Waals surface area contributed by atoms with E-state index < -0.39 is 6.04 Å². The molecule has 0 spiro atoms. The quantitative estimate of drug-likeness (QED) is 0.447. The zero-order chi connectivity index (χ0) is 22.8. The summed E-state index contributed by atoms with van der Waals surface area (Å²) in [5, 5.41) is 2.94. The summed E-state index contributed by atoms with van der Waals surface area (Å²) in [5.41, 5.74) is 2.16. The molecule has 0 saturated carbocycles. The molecule has 31 heavy (non-hydrogen) atoms. The maximum absolute atomic E-state index is 13.0. The first-order valence-electron chi connectivity index (χ1n) is 10.8. The fourth-order valence-electron chi connectivity index (χ4n) is 3.01. The molecule has 0 aliphatic carbocycles. The molecule has 2 rings (SSSR count). The first-order chi connectivity index (χ1) is 14.8. The molecule has 0 aliphatic heterocycles. The second-order valence-corrected chi connectivity index (χ2v) is 9.14. The second-order valence-electron chi connectivity index (χ2n) is 8.23. The van der Waals surface area contributed by atoms with E-state index in [1.807, 2.05) is 69.3 Å². The van der Waals surface area contributed by atoms with Gasteiger partial charge in [0.2, 0.25) is 11.8 Å². The van der Waals surface area contributed by atoms with Crippen LogP contribution in [0.4, 0.5) is 0 Å². The van der Waals surface area contributed by atoms with Crippen molar-refractivity contribution in [3.8, 4) is 5.75 Å². The normalized spacial score (nSPS) is 11.8. The number of aryl methyl sites for hydroxylation is 1. The molecule has 2 aromatic rings. The minimum Gasteiger partial charge on any atom is -0.494 e. The van der Waals surface area contributed by atoms with E-state index in [4.69, 9.17) is 4.74 Å². The summed E-state index contributed by atoms with van der Waals surface area (Å²) in [7, 11) is 0. The summed E-state index contributed by atoms with van der Waals surface area (Å²) >= 11 is 3.43. The van der Waals surface area contributed by atoms with Crippen molar-refractivity contribution in [3.63, 3.8) is 0 Å². The third-order valence-electron chi connectivity index (χ3n) is 4.94. The van der Waals surface area contributed by atoms with Gasteiger partial charge in [0.1, 0.15) is 11.8 Å². The van der Waals surface area contributed by atoms with Gasteiger partial charge < -0.3 is 15.0 Å². The molecular weight excluding hydrogens is 456 g/mol. The van der Waals surface area contributed by atoms with Crippen molar-refractivity contribution >= 4 is 27.7 Å². The first kappa shape index (κ1) is 24.9. The van der Waals surface area contributed by atoms with Crippen LogP contribution < -0.4 is 10.1 Å². The van der Waals surface area contributed by atoms with Crippen molar-refractivity contribution in [2.75, 3.05) is 13.2 Å². The molecule has 0 aromatic heterocycles. The van der Waals surface area contributed by atoms with E-state index in [0.717, 1.165) is 15.8 Å². The Hall–Kier alpha value is -2.34. The summed E-state index contributed by atoms with van der Waals surface area (Å²) in [6, 6.07) is 15.1. The molecule has 0 bridgehead atoms. The lowest BCUT2D eigenvalue weighted by Gasteiger charge is -2.29. The van der Waals surface area contributed by atoms with Crippen LogP contribution in [0.15, 0.2) is 53.0 Å². The van der Waals surface area contributed by atoms with Gasteiger partial charge in [0, 0.05) is 24.0 Å². The molecule has 0 saturated heterocycles. The maximum Gasteiger partial charge on any atom is 0.242 e. The number of amides is 2. The van der Waals surface area contributed by atoms with E-state index in [1.54, 1.807) is 11.8 Å². The van der Waals surface area contributed by atoms with Crippen molar-refractivity contribution in [3.05, 3.63) is 64.1 Å². The van der Waals surface area contributed by atoms with Gasteiger partial charge in [-0.15, -0.1) is 0 Å². The number of nitrogens with one attached hydrogen (secondary N) is 1. The molecule has 5 nitrogen and oxygen atoms in total. The minimum absolute atomic E-state index is 0.0531. The number of halogens is 1. The number of hydrogen-bond donors (Lipinski definition) is 1. The molecule has 168 valence electrons. The summed E-state index contributed by atoms with van der Waals surface area (Å²) < 4.78 is 6.72. The van der Waals surface area contributed by atoms with Crippen molar-refractivity contribution in [1.29, 1.82) is 0 Å². The molecule has 0 heterocycles. The van der Waals surface area contributed by atoms with Crippen molar-refractivity contribution in [2.45, 2.75) is 53.1 Å². The Morgan fingerprint density at radius 2 is 1.68 bits per heavy atom. The molecule has 2 aromatic carbocycles. The van der Waals surface area contributed by atoms with Crippen LogP contribution in [0.1, 0.15) is 44.7 Å². The molecule has 0 aliphatic rings.